The van der Waals surface area contributed by atoms with Crippen molar-refractivity contribution in [2.75, 3.05) is 12.3 Å². The molecule has 152 valence electrons. The predicted molar refractivity (Wildman–Crippen MR) is 104 cm³/mol. The summed E-state index contributed by atoms with van der Waals surface area (Å²) in [6.45, 7) is -0.203. The Balaban J connectivity index is 1.42. The standard InChI is InChI=1S/C18H18BrN5O5/c19-10-3-1-2-9(4-10)5-12(25)28-6-11-14(26)15(27)18(29-11)24-8-23-13-16(20)21-7-22-17(13)24/h1-4,7-8,11,14-15,18,26-27H,5-6H2,(H2,20,21,22)/t11-,14-,15-,18-/m1/s1. The van der Waals surface area contributed by atoms with Crippen LogP contribution in [0.4, 0.5) is 5.82 Å². The largest absolute Gasteiger partial charge is 0.463 e. The maximum atomic E-state index is 12.1. The van der Waals surface area contributed by atoms with Crippen LogP contribution in [-0.2, 0) is 20.7 Å². The van der Waals surface area contributed by atoms with Crippen LogP contribution >= 0.6 is 15.9 Å². The van der Waals surface area contributed by atoms with Crippen molar-refractivity contribution in [3.8, 4) is 0 Å². The lowest BCUT2D eigenvalue weighted by atomic mass is 10.1. The second-order valence-electron chi connectivity index (χ2n) is 6.62. The van der Waals surface area contributed by atoms with Gasteiger partial charge in [0.05, 0.1) is 12.7 Å². The van der Waals surface area contributed by atoms with Crippen LogP contribution in [-0.4, -0.2) is 60.6 Å². The Labute approximate surface area is 173 Å². The summed E-state index contributed by atoms with van der Waals surface area (Å²) in [5.74, 6) is -0.273. The van der Waals surface area contributed by atoms with E-state index in [1.807, 2.05) is 24.3 Å². The van der Waals surface area contributed by atoms with Gasteiger partial charge in [-0.2, -0.15) is 0 Å². The predicted octanol–water partition coefficient (Wildman–Crippen LogP) is 0.576. The molecular weight excluding hydrogens is 446 g/mol. The van der Waals surface area contributed by atoms with Gasteiger partial charge in [0, 0.05) is 4.47 Å². The lowest BCUT2D eigenvalue weighted by molar-refractivity contribution is -0.149. The number of fused-ring (bicyclic) bond motifs is 1. The van der Waals surface area contributed by atoms with Crippen molar-refractivity contribution in [3.63, 3.8) is 0 Å². The number of hydrogen-bond donors (Lipinski definition) is 3. The number of nitrogens with two attached hydrogens (primary N) is 1. The summed E-state index contributed by atoms with van der Waals surface area (Å²) in [6.07, 6.45) is -1.63. The number of carbonyl (C=O) groups excluding carboxylic acids is 1. The van der Waals surface area contributed by atoms with Gasteiger partial charge in [0.25, 0.3) is 0 Å². The van der Waals surface area contributed by atoms with Crippen LogP contribution in [0.3, 0.4) is 0 Å². The number of halogens is 1. The molecule has 4 N–H and O–H groups in total. The third kappa shape index (κ3) is 3.94. The highest BCUT2D eigenvalue weighted by Gasteiger charge is 2.44. The summed E-state index contributed by atoms with van der Waals surface area (Å²) in [5, 5.41) is 20.7. The average molecular weight is 464 g/mol. The van der Waals surface area contributed by atoms with Gasteiger partial charge in [-0.3, -0.25) is 9.36 Å². The fraction of sp³-hybridized carbons (Fsp3) is 0.333. The number of nitrogen functional groups attached to an aromatic ring is 1. The van der Waals surface area contributed by atoms with E-state index in [9.17, 15) is 15.0 Å². The van der Waals surface area contributed by atoms with Crippen LogP contribution in [0.25, 0.3) is 11.2 Å². The lowest BCUT2D eigenvalue weighted by Gasteiger charge is -2.16. The van der Waals surface area contributed by atoms with E-state index >= 15 is 0 Å². The van der Waals surface area contributed by atoms with E-state index in [0.29, 0.717) is 11.2 Å². The summed E-state index contributed by atoms with van der Waals surface area (Å²) < 4.78 is 13.3. The minimum atomic E-state index is -1.27. The summed E-state index contributed by atoms with van der Waals surface area (Å²) >= 11 is 3.35. The first-order valence-corrected chi connectivity index (χ1v) is 9.58. The van der Waals surface area contributed by atoms with Gasteiger partial charge in [0.2, 0.25) is 0 Å². The second kappa shape index (κ2) is 8.03. The second-order valence-corrected chi connectivity index (χ2v) is 7.53. The Kier molecular flexibility index (Phi) is 5.46. The number of aliphatic hydroxyl groups is 2. The first-order valence-electron chi connectivity index (χ1n) is 8.78. The van der Waals surface area contributed by atoms with E-state index in [4.69, 9.17) is 15.2 Å². The number of esters is 1. The first kappa shape index (κ1) is 19.7. The monoisotopic (exact) mass is 463 g/mol. The molecule has 0 radical (unpaired) electrons. The van der Waals surface area contributed by atoms with Crippen LogP contribution in [0.5, 0.6) is 0 Å². The van der Waals surface area contributed by atoms with Crippen molar-refractivity contribution in [1.82, 2.24) is 19.5 Å². The SMILES string of the molecule is Nc1ncnc2c1ncn2[C@@H]1O[C@H](COC(=O)Cc2cccc(Br)c2)[C@@H](O)[C@H]1O. The number of anilines is 1. The Morgan fingerprint density at radius 3 is 2.90 bits per heavy atom. The summed E-state index contributed by atoms with van der Waals surface area (Å²) in [4.78, 5) is 24.2. The molecule has 0 amide bonds. The molecule has 29 heavy (non-hydrogen) atoms. The van der Waals surface area contributed by atoms with Crippen LogP contribution < -0.4 is 5.73 Å². The number of aromatic nitrogens is 4. The maximum absolute atomic E-state index is 12.1. The molecule has 1 aliphatic heterocycles. The minimum absolute atomic E-state index is 0.0800. The van der Waals surface area contributed by atoms with E-state index in [0.717, 1.165) is 10.0 Å². The first-order chi connectivity index (χ1) is 13.9. The third-order valence-electron chi connectivity index (χ3n) is 4.64. The Morgan fingerprint density at radius 2 is 2.10 bits per heavy atom. The summed E-state index contributed by atoms with van der Waals surface area (Å²) in [7, 11) is 0. The molecule has 10 nitrogen and oxygen atoms in total. The third-order valence-corrected chi connectivity index (χ3v) is 5.14. The smallest absolute Gasteiger partial charge is 0.310 e. The van der Waals surface area contributed by atoms with Gasteiger partial charge >= 0.3 is 5.97 Å². The van der Waals surface area contributed by atoms with Crippen molar-refractivity contribution >= 4 is 38.9 Å². The Bertz CT molecular complexity index is 1040. The number of rotatable bonds is 5. The number of ether oxygens (including phenoxy) is 2. The molecule has 4 atom stereocenters. The molecule has 0 bridgehead atoms. The van der Waals surface area contributed by atoms with Crippen molar-refractivity contribution in [2.45, 2.75) is 31.0 Å². The van der Waals surface area contributed by atoms with Crippen LogP contribution in [0.15, 0.2) is 41.4 Å². The van der Waals surface area contributed by atoms with Crippen LogP contribution in [0, 0.1) is 0 Å². The number of benzene rings is 1. The number of carbonyl (C=O) groups is 1. The van der Waals surface area contributed by atoms with E-state index in [1.165, 1.54) is 17.2 Å². The van der Waals surface area contributed by atoms with Crippen LogP contribution in [0.1, 0.15) is 11.8 Å². The van der Waals surface area contributed by atoms with E-state index in [1.54, 1.807) is 0 Å². The molecule has 4 rings (SSSR count). The highest BCUT2D eigenvalue weighted by atomic mass is 79.9. The molecule has 1 fully saturated rings. The quantitative estimate of drug-likeness (QED) is 0.462. The zero-order valence-electron chi connectivity index (χ0n) is 15.1. The van der Waals surface area contributed by atoms with Gasteiger partial charge in [-0.05, 0) is 17.7 Å². The fourth-order valence-corrected chi connectivity index (χ4v) is 3.64. The molecule has 0 spiro atoms. The van der Waals surface area contributed by atoms with E-state index in [2.05, 4.69) is 30.9 Å². The van der Waals surface area contributed by atoms with Crippen molar-refractivity contribution < 1.29 is 24.5 Å². The Hall–Kier alpha value is -2.60. The van der Waals surface area contributed by atoms with E-state index in [-0.39, 0.29) is 18.8 Å². The molecule has 11 heteroatoms. The number of nitrogens with zero attached hydrogens (tertiary/aromatic N) is 4. The fourth-order valence-electron chi connectivity index (χ4n) is 3.19. The summed E-state index contributed by atoms with van der Waals surface area (Å²) in [6, 6.07) is 7.31. The molecule has 2 aromatic heterocycles. The molecule has 0 saturated carbocycles. The van der Waals surface area contributed by atoms with Gasteiger partial charge < -0.3 is 25.4 Å². The summed E-state index contributed by atoms with van der Waals surface area (Å²) in [5.41, 5.74) is 7.28. The Morgan fingerprint density at radius 1 is 1.28 bits per heavy atom. The zero-order chi connectivity index (χ0) is 20.5. The van der Waals surface area contributed by atoms with Gasteiger partial charge in [-0.25, -0.2) is 15.0 Å². The number of imidazole rings is 1. The minimum Gasteiger partial charge on any atom is -0.463 e. The average Bonchev–Trinajstić information content (AvgIpc) is 3.23. The maximum Gasteiger partial charge on any atom is 0.310 e. The van der Waals surface area contributed by atoms with Crippen LogP contribution in [0.2, 0.25) is 0 Å². The molecule has 1 aliphatic rings. The molecule has 0 unspecified atom stereocenters. The van der Waals surface area contributed by atoms with Gasteiger partial charge in [0.1, 0.15) is 36.8 Å². The van der Waals surface area contributed by atoms with Crippen molar-refractivity contribution in [1.29, 1.82) is 0 Å². The molecule has 1 saturated heterocycles. The highest BCUT2D eigenvalue weighted by molar-refractivity contribution is 9.10. The highest BCUT2D eigenvalue weighted by Crippen LogP contribution is 2.32. The zero-order valence-corrected chi connectivity index (χ0v) is 16.6. The lowest BCUT2D eigenvalue weighted by Crippen LogP contribution is -2.34. The topological polar surface area (TPSA) is 146 Å². The molecule has 3 heterocycles. The molecule has 3 aromatic rings. The van der Waals surface area contributed by atoms with Gasteiger partial charge in [-0.15, -0.1) is 0 Å². The molecular formula is C18H18BrN5O5. The normalized spacial score (nSPS) is 24.1. The van der Waals surface area contributed by atoms with Crippen molar-refractivity contribution in [3.05, 3.63) is 47.0 Å². The van der Waals surface area contributed by atoms with Gasteiger partial charge in [0.15, 0.2) is 17.7 Å². The van der Waals surface area contributed by atoms with E-state index < -0.39 is 30.5 Å². The van der Waals surface area contributed by atoms with Crippen molar-refractivity contribution in [2.24, 2.45) is 0 Å². The molecule has 1 aromatic carbocycles. The number of aliphatic hydroxyl groups excluding tert-OH is 2. The molecule has 0 aliphatic carbocycles. The van der Waals surface area contributed by atoms with Gasteiger partial charge in [-0.1, -0.05) is 28.1 Å². The number of hydrogen-bond acceptors (Lipinski definition) is 9.